The van der Waals surface area contributed by atoms with E-state index < -0.39 is 0 Å². The maximum atomic E-state index is 2.43. The second kappa shape index (κ2) is 4.34. The van der Waals surface area contributed by atoms with Gasteiger partial charge in [-0.15, -0.1) is 0 Å². The summed E-state index contributed by atoms with van der Waals surface area (Å²) in [6, 6.07) is 0. The molecule has 0 heterocycles. The highest BCUT2D eigenvalue weighted by Crippen LogP contribution is 2.34. The highest BCUT2D eigenvalue weighted by molar-refractivity contribution is 6.11. The molecule has 1 aliphatic carbocycles. The van der Waals surface area contributed by atoms with Crippen LogP contribution in [0, 0.1) is 5.41 Å². The smallest absolute Gasteiger partial charge is 0.0697 e. The third-order valence-electron chi connectivity index (χ3n) is 3.35. The van der Waals surface area contributed by atoms with Crippen LogP contribution >= 0.6 is 0 Å². The van der Waals surface area contributed by atoms with E-state index in [-0.39, 0.29) is 0 Å². The Bertz CT molecular complexity index is 129. The van der Waals surface area contributed by atoms with E-state index in [1.54, 1.807) is 0 Å². The Morgan fingerprint density at radius 2 is 1.58 bits per heavy atom. The second-order valence-corrected chi connectivity index (χ2v) is 5.41. The Hall–Kier alpha value is 0.0649. The van der Waals surface area contributed by atoms with E-state index in [4.69, 9.17) is 0 Å². The van der Waals surface area contributed by atoms with Crippen LogP contribution in [-0.4, -0.2) is 7.85 Å². The van der Waals surface area contributed by atoms with E-state index in [0.717, 1.165) is 5.82 Å². The zero-order valence-electron chi connectivity index (χ0n) is 9.03. The molecule has 1 aliphatic rings. The molecule has 0 N–H and O–H groups in total. The molecule has 1 unspecified atom stereocenters. The van der Waals surface area contributed by atoms with Crippen LogP contribution in [-0.2, 0) is 0 Å². The molecule has 0 aromatic rings. The van der Waals surface area contributed by atoms with Gasteiger partial charge in [0.1, 0.15) is 7.85 Å². The van der Waals surface area contributed by atoms with E-state index >= 15 is 0 Å². The monoisotopic (exact) mass is 166 g/mol. The van der Waals surface area contributed by atoms with Gasteiger partial charge in [-0.3, -0.25) is 0 Å². The standard InChI is InChI=1S/C11H23B/c1-11(2)8-4-3-6-10(12)7-5-9-11/h10H,3-9,12H2,1-2H3. The predicted octanol–water partition coefficient (Wildman–Crippen LogP) is 3.18. The molecule has 12 heavy (non-hydrogen) atoms. The molecule has 0 nitrogen and oxygen atoms in total. The highest BCUT2D eigenvalue weighted by Gasteiger charge is 2.19. The van der Waals surface area contributed by atoms with Crippen molar-refractivity contribution in [2.24, 2.45) is 5.41 Å². The largest absolute Gasteiger partial charge is 0.105 e. The van der Waals surface area contributed by atoms with Crippen LogP contribution in [0.2, 0.25) is 5.82 Å². The third-order valence-corrected chi connectivity index (χ3v) is 3.35. The quantitative estimate of drug-likeness (QED) is 0.485. The predicted molar refractivity (Wildman–Crippen MR) is 58.4 cm³/mol. The van der Waals surface area contributed by atoms with Crippen molar-refractivity contribution >= 4 is 7.85 Å². The van der Waals surface area contributed by atoms with Gasteiger partial charge in [0.2, 0.25) is 0 Å². The number of rotatable bonds is 0. The van der Waals surface area contributed by atoms with Crippen molar-refractivity contribution in [2.45, 2.75) is 64.6 Å². The number of hydrogen-bond acceptors (Lipinski definition) is 0. The molecule has 0 aromatic heterocycles. The Morgan fingerprint density at radius 3 is 2.33 bits per heavy atom. The van der Waals surface area contributed by atoms with Crippen LogP contribution in [0.1, 0.15) is 58.8 Å². The summed E-state index contributed by atoms with van der Waals surface area (Å²) in [5.74, 6) is 0.985. The van der Waals surface area contributed by atoms with Crippen molar-refractivity contribution in [1.82, 2.24) is 0 Å². The van der Waals surface area contributed by atoms with Gasteiger partial charge in [0.05, 0.1) is 0 Å². The van der Waals surface area contributed by atoms with Crippen molar-refractivity contribution in [2.75, 3.05) is 0 Å². The average molecular weight is 166 g/mol. The molecule has 70 valence electrons. The Labute approximate surface area is 78.5 Å². The summed E-state index contributed by atoms with van der Waals surface area (Å²) in [6.07, 6.45) is 10.2. The van der Waals surface area contributed by atoms with Crippen molar-refractivity contribution in [3.8, 4) is 0 Å². The van der Waals surface area contributed by atoms with E-state index in [9.17, 15) is 0 Å². The van der Waals surface area contributed by atoms with Gasteiger partial charge in [0.25, 0.3) is 0 Å². The molecule has 0 bridgehead atoms. The molecule has 1 rings (SSSR count). The van der Waals surface area contributed by atoms with Gasteiger partial charge in [-0.05, 0) is 18.3 Å². The van der Waals surface area contributed by atoms with Gasteiger partial charge in [-0.2, -0.15) is 0 Å². The molecule has 1 atom stereocenters. The molecule has 0 saturated heterocycles. The minimum absolute atomic E-state index is 0.629. The van der Waals surface area contributed by atoms with E-state index in [1.807, 2.05) is 0 Å². The van der Waals surface area contributed by atoms with Crippen LogP contribution in [0.15, 0.2) is 0 Å². The third kappa shape index (κ3) is 3.64. The first kappa shape index (κ1) is 10.1. The van der Waals surface area contributed by atoms with E-state index in [1.165, 1.54) is 44.9 Å². The molecule has 1 saturated carbocycles. The molecular formula is C11H23B. The lowest BCUT2D eigenvalue weighted by molar-refractivity contribution is 0.293. The highest BCUT2D eigenvalue weighted by atomic mass is 14.2. The zero-order valence-corrected chi connectivity index (χ0v) is 9.03. The SMILES string of the molecule is BC1CCCCC(C)(C)CCC1. The van der Waals surface area contributed by atoms with Crippen molar-refractivity contribution in [1.29, 1.82) is 0 Å². The fourth-order valence-corrected chi connectivity index (χ4v) is 2.29. The van der Waals surface area contributed by atoms with Gasteiger partial charge in [-0.1, -0.05) is 51.8 Å². The number of hydrogen-bond donors (Lipinski definition) is 0. The molecule has 1 heteroatoms. The Morgan fingerprint density at radius 1 is 1.00 bits per heavy atom. The van der Waals surface area contributed by atoms with Gasteiger partial charge in [-0.25, -0.2) is 0 Å². The van der Waals surface area contributed by atoms with Crippen LogP contribution in [0.4, 0.5) is 0 Å². The van der Waals surface area contributed by atoms with Crippen LogP contribution in [0.3, 0.4) is 0 Å². The molecule has 0 amide bonds. The van der Waals surface area contributed by atoms with Gasteiger partial charge in [0, 0.05) is 0 Å². The minimum Gasteiger partial charge on any atom is -0.0697 e. The molecule has 0 aromatic carbocycles. The topological polar surface area (TPSA) is 0 Å². The van der Waals surface area contributed by atoms with Gasteiger partial charge in [0.15, 0.2) is 0 Å². The molecule has 0 radical (unpaired) electrons. The second-order valence-electron chi connectivity index (χ2n) is 5.41. The normalized spacial score (nSPS) is 31.7. The average Bonchev–Trinajstić information content (AvgIpc) is 2.02. The van der Waals surface area contributed by atoms with Gasteiger partial charge >= 0.3 is 0 Å². The first-order valence-corrected chi connectivity index (χ1v) is 5.60. The zero-order chi connectivity index (χ0) is 9.03. The molecule has 0 spiro atoms. The summed E-state index contributed by atoms with van der Waals surface area (Å²) in [6.45, 7) is 4.87. The first-order valence-electron chi connectivity index (χ1n) is 5.60. The van der Waals surface area contributed by atoms with Crippen molar-refractivity contribution < 1.29 is 0 Å². The van der Waals surface area contributed by atoms with Crippen molar-refractivity contribution in [3.63, 3.8) is 0 Å². The van der Waals surface area contributed by atoms with Crippen molar-refractivity contribution in [3.05, 3.63) is 0 Å². The summed E-state index contributed by atoms with van der Waals surface area (Å²) in [7, 11) is 2.42. The maximum absolute atomic E-state index is 2.43. The minimum atomic E-state index is 0.629. The summed E-state index contributed by atoms with van der Waals surface area (Å²) >= 11 is 0. The molecule has 0 aliphatic heterocycles. The fourth-order valence-electron chi connectivity index (χ4n) is 2.29. The summed E-state index contributed by atoms with van der Waals surface area (Å²) in [5.41, 5.74) is 0.629. The fraction of sp³-hybridized carbons (Fsp3) is 1.00. The maximum Gasteiger partial charge on any atom is 0.105 e. The summed E-state index contributed by atoms with van der Waals surface area (Å²) in [5, 5.41) is 0. The van der Waals surface area contributed by atoms with Crippen LogP contribution in [0.5, 0.6) is 0 Å². The van der Waals surface area contributed by atoms with E-state index in [0.29, 0.717) is 5.41 Å². The Kier molecular flexibility index (Phi) is 3.67. The first-order chi connectivity index (χ1) is 5.60. The van der Waals surface area contributed by atoms with Crippen LogP contribution in [0.25, 0.3) is 0 Å². The lowest BCUT2D eigenvalue weighted by Gasteiger charge is -2.23. The lowest BCUT2D eigenvalue weighted by Crippen LogP contribution is -2.10. The Balaban J connectivity index is 2.37. The van der Waals surface area contributed by atoms with Crippen LogP contribution < -0.4 is 0 Å². The molecular weight excluding hydrogens is 143 g/mol. The summed E-state index contributed by atoms with van der Waals surface area (Å²) < 4.78 is 0. The lowest BCUT2D eigenvalue weighted by atomic mass is 9.79. The van der Waals surface area contributed by atoms with Gasteiger partial charge < -0.3 is 0 Å². The summed E-state index contributed by atoms with van der Waals surface area (Å²) in [4.78, 5) is 0. The molecule has 1 fully saturated rings. The van der Waals surface area contributed by atoms with E-state index in [2.05, 4.69) is 21.7 Å².